The maximum atomic E-state index is 13.2. The number of para-hydroxylation sites is 1. The van der Waals surface area contributed by atoms with Crippen LogP contribution in [0.4, 0.5) is 0 Å². The Morgan fingerprint density at radius 1 is 1.18 bits per heavy atom. The molecule has 2 heterocycles. The zero-order valence-corrected chi connectivity index (χ0v) is 20.1. The lowest BCUT2D eigenvalue weighted by Gasteiger charge is -2.23. The van der Waals surface area contributed by atoms with E-state index in [1.165, 1.54) is 7.11 Å². The Hall–Kier alpha value is -2.83. The van der Waals surface area contributed by atoms with Crippen molar-refractivity contribution in [1.82, 2.24) is 15.2 Å². The van der Waals surface area contributed by atoms with Crippen LogP contribution in [0.1, 0.15) is 57.9 Å². The van der Waals surface area contributed by atoms with Gasteiger partial charge in [-0.15, -0.1) is 0 Å². The van der Waals surface area contributed by atoms with Crippen molar-refractivity contribution in [3.8, 4) is 0 Å². The van der Waals surface area contributed by atoms with Gasteiger partial charge in [0.15, 0.2) is 0 Å². The highest BCUT2D eigenvalue weighted by atomic mass is 16.5. The highest BCUT2D eigenvalue weighted by Crippen LogP contribution is 2.24. The summed E-state index contributed by atoms with van der Waals surface area (Å²) in [6, 6.07) is 7.50. The van der Waals surface area contributed by atoms with Crippen LogP contribution in [-0.4, -0.2) is 42.0 Å². The van der Waals surface area contributed by atoms with E-state index in [9.17, 15) is 14.4 Å². The molecule has 0 unspecified atom stereocenters. The summed E-state index contributed by atoms with van der Waals surface area (Å²) in [5.41, 5.74) is 2.19. The second kappa shape index (κ2) is 11.9. The second-order valence-electron chi connectivity index (χ2n) is 9.44. The van der Waals surface area contributed by atoms with Crippen LogP contribution in [0.5, 0.6) is 0 Å². The van der Waals surface area contributed by atoms with Gasteiger partial charge in [-0.25, -0.2) is 0 Å². The number of benzene rings is 1. The quantitative estimate of drug-likeness (QED) is 0.652. The molecule has 2 aromatic rings. The number of hydrogen-bond donors (Lipinski definition) is 2. The van der Waals surface area contributed by atoms with Crippen LogP contribution in [0.15, 0.2) is 30.5 Å². The average Bonchev–Trinajstić information content (AvgIpc) is 3.14. The number of rotatable bonds is 6. The van der Waals surface area contributed by atoms with Crippen LogP contribution in [0, 0.1) is 11.8 Å². The van der Waals surface area contributed by atoms with Crippen LogP contribution in [0.2, 0.25) is 0 Å². The zero-order valence-electron chi connectivity index (χ0n) is 20.1. The van der Waals surface area contributed by atoms with E-state index >= 15 is 0 Å². The third-order valence-corrected chi connectivity index (χ3v) is 6.32. The Morgan fingerprint density at radius 3 is 2.70 bits per heavy atom. The van der Waals surface area contributed by atoms with Crippen molar-refractivity contribution in [2.75, 3.05) is 13.7 Å². The fourth-order valence-corrected chi connectivity index (χ4v) is 4.62. The molecule has 2 bridgehead atoms. The largest absolute Gasteiger partial charge is 0.469 e. The smallest absolute Gasteiger partial charge is 0.306 e. The predicted molar refractivity (Wildman–Crippen MR) is 129 cm³/mol. The van der Waals surface area contributed by atoms with Gasteiger partial charge >= 0.3 is 5.97 Å². The number of carbonyl (C=O) groups is 3. The van der Waals surface area contributed by atoms with Crippen LogP contribution in [-0.2, 0) is 32.1 Å². The number of aryl methyl sites for hydroxylation is 1. The molecule has 7 nitrogen and oxygen atoms in total. The zero-order chi connectivity index (χ0) is 23.8. The van der Waals surface area contributed by atoms with Gasteiger partial charge in [-0.3, -0.25) is 14.4 Å². The first kappa shape index (κ1) is 24.8. The molecule has 0 spiro atoms. The fourth-order valence-electron chi connectivity index (χ4n) is 4.62. The number of methoxy groups -OCH3 is 1. The van der Waals surface area contributed by atoms with E-state index in [0.29, 0.717) is 19.4 Å². The molecular weight excluding hydrogens is 418 g/mol. The number of fused-ring (bicyclic) bond motifs is 5. The Morgan fingerprint density at radius 2 is 1.94 bits per heavy atom. The van der Waals surface area contributed by atoms with Gasteiger partial charge in [0.1, 0.15) is 6.04 Å². The summed E-state index contributed by atoms with van der Waals surface area (Å²) in [7, 11) is 1.32. The van der Waals surface area contributed by atoms with Gasteiger partial charge in [0.05, 0.1) is 13.5 Å². The van der Waals surface area contributed by atoms with Crippen molar-refractivity contribution in [1.29, 1.82) is 0 Å². The maximum Gasteiger partial charge on any atom is 0.306 e. The molecule has 0 aliphatic carbocycles. The number of nitrogens with one attached hydrogen (secondary N) is 2. The van der Waals surface area contributed by atoms with Crippen LogP contribution in [0.25, 0.3) is 10.9 Å². The van der Waals surface area contributed by atoms with Crippen LogP contribution < -0.4 is 10.6 Å². The standard InChI is InChI=1S/C26H37N3O4/c1-18(2)14-19(16-24(30)33-3)25(31)28-22-15-20-17-29(23-11-7-6-10-21(20)23)13-9-5-4-8-12-27-26(22)32/h6-7,10-11,17-19,22H,4-5,8-9,12-16H2,1-3H3,(H,27,32)(H,28,31)/t19-,22+/m1/s1. The monoisotopic (exact) mass is 455 g/mol. The number of amides is 2. The summed E-state index contributed by atoms with van der Waals surface area (Å²) in [4.78, 5) is 38.2. The molecule has 0 saturated heterocycles. The molecule has 1 aromatic heterocycles. The molecule has 0 saturated carbocycles. The van der Waals surface area contributed by atoms with E-state index in [4.69, 9.17) is 4.74 Å². The van der Waals surface area contributed by atoms with Crippen molar-refractivity contribution in [3.05, 3.63) is 36.0 Å². The van der Waals surface area contributed by atoms with Gasteiger partial charge in [-0.05, 0) is 36.8 Å². The number of nitrogens with zero attached hydrogens (tertiary/aromatic N) is 1. The summed E-state index contributed by atoms with van der Waals surface area (Å²) in [5.74, 6) is -1.17. The lowest BCUT2D eigenvalue weighted by molar-refractivity contribution is -0.144. The molecule has 0 fully saturated rings. The van der Waals surface area contributed by atoms with Crippen LogP contribution >= 0.6 is 0 Å². The number of esters is 1. The number of carbonyl (C=O) groups excluding carboxylic acids is 3. The molecule has 3 rings (SSSR count). The maximum absolute atomic E-state index is 13.2. The van der Waals surface area contributed by atoms with E-state index in [-0.39, 0.29) is 24.2 Å². The Labute approximate surface area is 196 Å². The first-order valence-corrected chi connectivity index (χ1v) is 12.1. The predicted octanol–water partition coefficient (Wildman–Crippen LogP) is 3.58. The third kappa shape index (κ3) is 6.83. The summed E-state index contributed by atoms with van der Waals surface area (Å²) < 4.78 is 7.06. The van der Waals surface area contributed by atoms with Gasteiger partial charge in [-0.1, -0.05) is 44.9 Å². The molecule has 1 aliphatic heterocycles. The Bertz CT molecular complexity index is 966. The third-order valence-electron chi connectivity index (χ3n) is 6.32. The van der Waals surface area contributed by atoms with E-state index in [1.54, 1.807) is 0 Å². The molecule has 2 N–H and O–H groups in total. The summed E-state index contributed by atoms with van der Waals surface area (Å²) in [6.45, 7) is 5.56. The van der Waals surface area contributed by atoms with Crippen molar-refractivity contribution in [2.45, 2.75) is 71.4 Å². The van der Waals surface area contributed by atoms with Crippen molar-refractivity contribution in [3.63, 3.8) is 0 Å². The molecule has 1 aromatic carbocycles. The molecule has 0 radical (unpaired) electrons. The molecule has 7 heteroatoms. The van der Waals surface area contributed by atoms with Gasteiger partial charge in [0.2, 0.25) is 11.8 Å². The normalized spacial score (nSPS) is 18.5. The minimum atomic E-state index is -0.704. The van der Waals surface area contributed by atoms with Gasteiger partial charge < -0.3 is 19.9 Å². The summed E-state index contributed by atoms with van der Waals surface area (Å²) >= 11 is 0. The van der Waals surface area contributed by atoms with Crippen molar-refractivity contribution < 1.29 is 19.1 Å². The molecule has 180 valence electrons. The van der Waals surface area contributed by atoms with Gasteiger partial charge in [-0.2, -0.15) is 0 Å². The lowest BCUT2D eigenvalue weighted by Crippen LogP contribution is -2.50. The minimum Gasteiger partial charge on any atom is -0.469 e. The van der Waals surface area contributed by atoms with Crippen LogP contribution in [0.3, 0.4) is 0 Å². The minimum absolute atomic E-state index is 0.00810. The Balaban J connectivity index is 1.87. The average molecular weight is 456 g/mol. The highest BCUT2D eigenvalue weighted by Gasteiger charge is 2.29. The number of ether oxygens (including phenoxy) is 1. The summed E-state index contributed by atoms with van der Waals surface area (Å²) in [5, 5.41) is 7.08. The Kier molecular flexibility index (Phi) is 8.92. The second-order valence-corrected chi connectivity index (χ2v) is 9.44. The first-order valence-electron chi connectivity index (χ1n) is 12.1. The lowest BCUT2D eigenvalue weighted by atomic mass is 9.92. The molecule has 33 heavy (non-hydrogen) atoms. The van der Waals surface area contributed by atoms with E-state index in [1.807, 2.05) is 26.0 Å². The van der Waals surface area contributed by atoms with Crippen molar-refractivity contribution >= 4 is 28.7 Å². The number of aromatic nitrogens is 1. The fraction of sp³-hybridized carbons (Fsp3) is 0.577. The summed E-state index contributed by atoms with van der Waals surface area (Å²) in [6.07, 6.45) is 7.26. The molecule has 1 aliphatic rings. The highest BCUT2D eigenvalue weighted by molar-refractivity contribution is 5.91. The molecule has 2 amide bonds. The van der Waals surface area contributed by atoms with Crippen molar-refractivity contribution in [2.24, 2.45) is 11.8 Å². The van der Waals surface area contributed by atoms with Gasteiger partial charge in [0, 0.05) is 42.5 Å². The van der Waals surface area contributed by atoms with E-state index in [2.05, 4.69) is 33.5 Å². The molecule has 2 atom stereocenters. The van der Waals surface area contributed by atoms with E-state index < -0.39 is 17.9 Å². The molecular formula is C26H37N3O4. The van der Waals surface area contributed by atoms with E-state index in [0.717, 1.165) is 48.7 Å². The first-order chi connectivity index (χ1) is 15.9. The number of hydrogen-bond acceptors (Lipinski definition) is 4. The SMILES string of the molecule is COC(=O)C[C@@H](CC(C)C)C(=O)N[C@H]1Cc2cn(c3ccccc23)CCCCCCNC1=O. The van der Waals surface area contributed by atoms with Gasteiger partial charge in [0.25, 0.3) is 0 Å². The topological polar surface area (TPSA) is 89.4 Å².